The van der Waals surface area contributed by atoms with Gasteiger partial charge in [0.1, 0.15) is 0 Å². The van der Waals surface area contributed by atoms with Gasteiger partial charge in [0.15, 0.2) is 4.60 Å². The molecule has 2 heterocycles. The maximum Gasteiger partial charge on any atom is 0.284 e. The van der Waals surface area contributed by atoms with Crippen LogP contribution in [-0.2, 0) is 17.1 Å². The minimum Gasteiger partial charge on any atom is -0.337 e. The van der Waals surface area contributed by atoms with Crippen molar-refractivity contribution in [2.45, 2.75) is 18.9 Å². The lowest BCUT2D eigenvalue weighted by molar-refractivity contribution is 0.430. The van der Waals surface area contributed by atoms with E-state index in [2.05, 4.69) is 36.1 Å². The van der Waals surface area contributed by atoms with Gasteiger partial charge in [-0.25, -0.2) is 9.40 Å². The molecule has 8 nitrogen and oxygen atoms in total. The lowest BCUT2D eigenvalue weighted by Crippen LogP contribution is -2.17. The van der Waals surface area contributed by atoms with Crippen LogP contribution in [0.2, 0.25) is 0 Å². The van der Waals surface area contributed by atoms with Gasteiger partial charge in [0.05, 0.1) is 5.69 Å². The van der Waals surface area contributed by atoms with Crippen molar-refractivity contribution in [2.24, 2.45) is 7.05 Å². The summed E-state index contributed by atoms with van der Waals surface area (Å²) in [5.41, 5.74) is 1.25. The molecule has 0 saturated heterocycles. The van der Waals surface area contributed by atoms with Gasteiger partial charge < -0.3 is 4.52 Å². The topological polar surface area (TPSA) is 103 Å². The van der Waals surface area contributed by atoms with Crippen molar-refractivity contribution in [3.05, 3.63) is 15.9 Å². The van der Waals surface area contributed by atoms with Gasteiger partial charge in [0, 0.05) is 12.6 Å². The summed E-state index contributed by atoms with van der Waals surface area (Å²) in [7, 11) is -2.36. The van der Waals surface area contributed by atoms with Crippen molar-refractivity contribution < 1.29 is 12.9 Å². The second-order valence-corrected chi connectivity index (χ2v) is 5.99. The van der Waals surface area contributed by atoms with E-state index in [4.69, 9.17) is 4.52 Å². The summed E-state index contributed by atoms with van der Waals surface area (Å²) in [6.45, 7) is 3.43. The Morgan fingerprint density at radius 3 is 2.50 bits per heavy atom. The van der Waals surface area contributed by atoms with Gasteiger partial charge in [-0.05, 0) is 29.8 Å². The third-order valence-electron chi connectivity index (χ3n) is 2.38. The number of hydrogen-bond donors (Lipinski definition) is 1. The number of hydrogen-bond acceptors (Lipinski definition) is 6. The predicted octanol–water partition coefficient (Wildman–Crippen LogP) is 0.983. The van der Waals surface area contributed by atoms with E-state index in [1.807, 2.05) is 0 Å². The fourth-order valence-electron chi connectivity index (χ4n) is 1.29. The lowest BCUT2D eigenvalue weighted by Gasteiger charge is -2.05. The molecule has 0 atom stereocenters. The smallest absolute Gasteiger partial charge is 0.284 e. The molecule has 0 bridgehead atoms. The van der Waals surface area contributed by atoms with Crippen molar-refractivity contribution in [2.75, 3.05) is 4.72 Å². The summed E-state index contributed by atoms with van der Waals surface area (Å²) in [6, 6.07) is 0. The highest BCUT2D eigenvalue weighted by atomic mass is 79.9. The first-order valence-corrected chi connectivity index (χ1v) is 7.11. The number of sulfonamides is 1. The Labute approximate surface area is 112 Å². The Hall–Kier alpha value is -1.42. The summed E-state index contributed by atoms with van der Waals surface area (Å²) >= 11 is 3.03. The maximum atomic E-state index is 12.1. The fraction of sp³-hybridized carbons (Fsp3) is 0.375. The Morgan fingerprint density at radius 2 is 2.06 bits per heavy atom. The normalized spacial score (nSPS) is 11.8. The van der Waals surface area contributed by atoms with Crippen molar-refractivity contribution >= 4 is 31.8 Å². The second-order valence-electron chi connectivity index (χ2n) is 3.64. The second kappa shape index (κ2) is 4.35. The van der Waals surface area contributed by atoms with Gasteiger partial charge in [-0.3, -0.25) is 0 Å². The zero-order valence-corrected chi connectivity index (χ0v) is 12.2. The molecule has 0 radical (unpaired) electrons. The highest BCUT2D eigenvalue weighted by Gasteiger charge is 2.26. The van der Waals surface area contributed by atoms with Crippen LogP contribution in [-0.4, -0.2) is 28.6 Å². The first-order chi connectivity index (χ1) is 8.33. The van der Waals surface area contributed by atoms with Gasteiger partial charge in [-0.15, -0.1) is 5.10 Å². The van der Waals surface area contributed by atoms with Crippen molar-refractivity contribution in [1.82, 2.24) is 20.2 Å². The van der Waals surface area contributed by atoms with Crippen LogP contribution in [0.1, 0.15) is 11.3 Å². The molecule has 18 heavy (non-hydrogen) atoms. The molecule has 2 aromatic heterocycles. The molecule has 98 valence electrons. The lowest BCUT2D eigenvalue weighted by atomic mass is 10.3. The number of aryl methyl sites for hydroxylation is 2. The van der Waals surface area contributed by atoms with Crippen molar-refractivity contribution in [1.29, 1.82) is 0 Å². The molecule has 0 spiro atoms. The quantitative estimate of drug-likeness (QED) is 0.896. The van der Waals surface area contributed by atoms with Crippen LogP contribution in [0.25, 0.3) is 0 Å². The van der Waals surface area contributed by atoms with Crippen LogP contribution < -0.4 is 4.72 Å². The number of nitrogens with one attached hydrogen (secondary N) is 1. The molecule has 0 saturated carbocycles. The molecule has 1 N–H and O–H groups in total. The standard InChI is InChI=1S/C8H10BrN5O3S/c1-4-5(2)11-17-7(4)12-18(15,16)8-6(9)10-13-14(8)3/h12H,1-3H3. The van der Waals surface area contributed by atoms with Crippen LogP contribution in [0.15, 0.2) is 14.2 Å². The Balaban J connectivity index is 2.43. The van der Waals surface area contributed by atoms with E-state index in [1.54, 1.807) is 13.8 Å². The number of anilines is 1. The molecule has 0 aliphatic carbocycles. The zero-order chi connectivity index (χ0) is 13.5. The summed E-state index contributed by atoms with van der Waals surface area (Å²) in [6.07, 6.45) is 0. The Kier molecular flexibility index (Phi) is 3.15. The van der Waals surface area contributed by atoms with E-state index >= 15 is 0 Å². The summed E-state index contributed by atoms with van der Waals surface area (Å²) in [5.74, 6) is 0.0839. The van der Waals surface area contributed by atoms with Crippen LogP contribution in [0.4, 0.5) is 5.88 Å². The molecule has 0 fully saturated rings. The maximum absolute atomic E-state index is 12.1. The van der Waals surface area contributed by atoms with Gasteiger partial charge in [0.25, 0.3) is 10.0 Å². The summed E-state index contributed by atoms with van der Waals surface area (Å²) < 4.78 is 32.8. The van der Waals surface area contributed by atoms with Crippen LogP contribution in [0, 0.1) is 13.8 Å². The average molecular weight is 336 g/mol. The van der Waals surface area contributed by atoms with Gasteiger partial charge in [-0.1, -0.05) is 10.4 Å². The van der Waals surface area contributed by atoms with E-state index in [9.17, 15) is 8.42 Å². The van der Waals surface area contributed by atoms with Gasteiger partial charge in [-0.2, -0.15) is 8.42 Å². The predicted molar refractivity (Wildman–Crippen MR) is 65.5 cm³/mol. The average Bonchev–Trinajstić information content (AvgIpc) is 2.76. The highest BCUT2D eigenvalue weighted by molar-refractivity contribution is 9.10. The fourth-order valence-corrected chi connectivity index (χ4v) is 3.43. The molecule has 0 aliphatic rings. The first-order valence-electron chi connectivity index (χ1n) is 4.84. The Morgan fingerprint density at radius 1 is 1.39 bits per heavy atom. The van der Waals surface area contributed by atoms with E-state index in [-0.39, 0.29) is 15.5 Å². The van der Waals surface area contributed by atoms with Crippen molar-refractivity contribution in [3.63, 3.8) is 0 Å². The van der Waals surface area contributed by atoms with Crippen LogP contribution >= 0.6 is 15.9 Å². The highest BCUT2D eigenvalue weighted by Crippen LogP contribution is 2.24. The minimum absolute atomic E-state index is 0.0839. The SMILES string of the molecule is Cc1noc(NS(=O)(=O)c2c(Br)nnn2C)c1C. The van der Waals surface area contributed by atoms with E-state index in [0.717, 1.165) is 4.68 Å². The first kappa shape index (κ1) is 13.0. The molecule has 2 aromatic rings. The molecular weight excluding hydrogens is 326 g/mol. The van der Waals surface area contributed by atoms with Crippen LogP contribution in [0.5, 0.6) is 0 Å². The number of halogens is 1. The zero-order valence-electron chi connectivity index (χ0n) is 9.80. The summed E-state index contributed by atoms with van der Waals surface area (Å²) in [5, 5.41) is 10.8. The van der Waals surface area contributed by atoms with Crippen LogP contribution in [0.3, 0.4) is 0 Å². The third kappa shape index (κ3) is 2.12. The molecule has 0 aliphatic heterocycles. The minimum atomic E-state index is -3.83. The molecule has 0 unspecified atom stereocenters. The molecule has 0 aromatic carbocycles. The monoisotopic (exact) mass is 335 g/mol. The van der Waals surface area contributed by atoms with E-state index in [1.165, 1.54) is 7.05 Å². The van der Waals surface area contributed by atoms with E-state index in [0.29, 0.717) is 11.3 Å². The van der Waals surface area contributed by atoms with Gasteiger partial charge in [0.2, 0.25) is 10.9 Å². The molecule has 10 heteroatoms. The van der Waals surface area contributed by atoms with E-state index < -0.39 is 10.0 Å². The number of aromatic nitrogens is 4. The number of rotatable bonds is 3. The Bertz CT molecular complexity index is 670. The largest absolute Gasteiger partial charge is 0.337 e. The number of nitrogens with zero attached hydrogens (tertiary/aromatic N) is 4. The molecule has 0 amide bonds. The van der Waals surface area contributed by atoms with Crippen molar-refractivity contribution in [3.8, 4) is 0 Å². The van der Waals surface area contributed by atoms with Gasteiger partial charge >= 0.3 is 0 Å². The molecule has 2 rings (SSSR count). The molecular formula is C8H10BrN5O3S. The summed E-state index contributed by atoms with van der Waals surface area (Å²) in [4.78, 5) is 0. The third-order valence-corrected chi connectivity index (χ3v) is 4.59.